The molecule has 232 valence electrons. The second kappa shape index (κ2) is 12.7. The lowest BCUT2D eigenvalue weighted by Gasteiger charge is -2.32. The number of fused-ring (bicyclic) bond motifs is 2. The van der Waals surface area contributed by atoms with Gasteiger partial charge in [0.25, 0.3) is 5.91 Å². The van der Waals surface area contributed by atoms with Gasteiger partial charge in [-0.25, -0.2) is 13.8 Å². The summed E-state index contributed by atoms with van der Waals surface area (Å²) in [5, 5.41) is 10.8. The van der Waals surface area contributed by atoms with Crippen LogP contribution in [-0.4, -0.2) is 70.9 Å². The molecule has 0 saturated carbocycles. The van der Waals surface area contributed by atoms with Crippen molar-refractivity contribution in [2.75, 3.05) is 33.4 Å². The van der Waals surface area contributed by atoms with Crippen LogP contribution in [0.4, 0.5) is 8.78 Å². The summed E-state index contributed by atoms with van der Waals surface area (Å²) in [5.41, 5.74) is 2.29. The molecule has 12 heteroatoms. The first kappa shape index (κ1) is 30.4. The van der Waals surface area contributed by atoms with Crippen LogP contribution in [0.25, 0.3) is 43.4 Å². The Morgan fingerprint density at radius 1 is 1.18 bits per heavy atom. The van der Waals surface area contributed by atoms with Crippen LogP contribution in [0.3, 0.4) is 0 Å². The average molecular weight is 632 g/mol. The highest BCUT2D eigenvalue weighted by atomic mass is 32.1. The molecule has 45 heavy (non-hydrogen) atoms. The van der Waals surface area contributed by atoms with Gasteiger partial charge in [-0.05, 0) is 42.5 Å². The summed E-state index contributed by atoms with van der Waals surface area (Å²) < 4.78 is 43.6. The molecule has 1 aliphatic rings. The highest BCUT2D eigenvalue weighted by Gasteiger charge is 2.30. The molecule has 0 aliphatic carbocycles. The minimum Gasteiger partial charge on any atom is -0.490 e. The van der Waals surface area contributed by atoms with Crippen molar-refractivity contribution in [1.82, 2.24) is 25.0 Å². The molecule has 5 aromatic rings. The van der Waals surface area contributed by atoms with Gasteiger partial charge in [0.2, 0.25) is 5.91 Å². The number of ether oxygens (including phenoxy) is 2. The Labute approximate surface area is 262 Å². The van der Waals surface area contributed by atoms with Gasteiger partial charge in [-0.3, -0.25) is 14.3 Å². The molecule has 3 aromatic heterocycles. The Kier molecular flexibility index (Phi) is 8.59. The molecular formula is C33H31F2N5O4S. The van der Waals surface area contributed by atoms with E-state index in [-0.39, 0.29) is 47.7 Å². The number of hydrogen-bond acceptors (Lipinski definition) is 7. The molecule has 0 radical (unpaired) electrons. The second-order valence-electron chi connectivity index (χ2n) is 10.8. The maximum absolute atomic E-state index is 15.9. The van der Waals surface area contributed by atoms with E-state index >= 15 is 4.39 Å². The number of carbonyl (C=O) groups excluding carboxylic acids is 2. The van der Waals surface area contributed by atoms with Gasteiger partial charge in [0.05, 0.1) is 29.6 Å². The van der Waals surface area contributed by atoms with E-state index in [2.05, 4.69) is 17.0 Å². The van der Waals surface area contributed by atoms with Crippen molar-refractivity contribution in [2.45, 2.75) is 18.9 Å². The molecule has 2 aromatic carbocycles. The molecule has 2 amide bonds. The maximum Gasteiger partial charge on any atom is 0.270 e. The highest BCUT2D eigenvalue weighted by molar-refractivity contribution is 7.18. The highest BCUT2D eigenvalue weighted by Crippen LogP contribution is 2.44. The molecular weight excluding hydrogens is 600 g/mol. The number of pyridine rings is 1. The molecule has 0 unspecified atom stereocenters. The van der Waals surface area contributed by atoms with Crippen LogP contribution in [0.5, 0.6) is 5.75 Å². The fourth-order valence-corrected chi connectivity index (χ4v) is 6.72. The van der Waals surface area contributed by atoms with Gasteiger partial charge in [0.1, 0.15) is 29.7 Å². The van der Waals surface area contributed by atoms with E-state index in [1.54, 1.807) is 15.8 Å². The van der Waals surface area contributed by atoms with Crippen molar-refractivity contribution in [3.63, 3.8) is 0 Å². The molecule has 1 N–H and O–H groups in total. The van der Waals surface area contributed by atoms with E-state index in [1.165, 1.54) is 24.5 Å². The zero-order valence-electron chi connectivity index (χ0n) is 24.8. The quantitative estimate of drug-likeness (QED) is 0.165. The number of rotatable bonds is 9. The van der Waals surface area contributed by atoms with Crippen LogP contribution < -0.4 is 10.1 Å². The van der Waals surface area contributed by atoms with Crippen molar-refractivity contribution in [1.29, 1.82) is 0 Å². The molecule has 1 fully saturated rings. The number of nitrogens with zero attached hydrogens (tertiary/aromatic N) is 4. The van der Waals surface area contributed by atoms with Crippen molar-refractivity contribution in [3.8, 4) is 28.1 Å². The van der Waals surface area contributed by atoms with Gasteiger partial charge in [-0.15, -0.1) is 11.3 Å². The lowest BCUT2D eigenvalue weighted by molar-refractivity contribution is -0.127. The topological polar surface area (TPSA) is 98.6 Å². The monoisotopic (exact) mass is 631 g/mol. The number of thiophene rings is 1. The van der Waals surface area contributed by atoms with Crippen molar-refractivity contribution >= 4 is 44.1 Å². The summed E-state index contributed by atoms with van der Waals surface area (Å²) in [7, 11) is 3.35. The Hall–Kier alpha value is -4.68. The minimum atomic E-state index is -0.891. The summed E-state index contributed by atoms with van der Waals surface area (Å²) in [5.74, 6) is -2.54. The van der Waals surface area contributed by atoms with E-state index in [0.29, 0.717) is 41.7 Å². The smallest absolute Gasteiger partial charge is 0.270 e. The number of carbonyl (C=O) groups is 2. The number of halogens is 2. The average Bonchev–Trinajstić information content (AvgIpc) is 3.67. The van der Waals surface area contributed by atoms with Crippen molar-refractivity contribution in [3.05, 3.63) is 78.0 Å². The number of aromatic nitrogens is 3. The van der Waals surface area contributed by atoms with E-state index in [0.717, 1.165) is 28.6 Å². The first-order valence-electron chi connectivity index (χ1n) is 14.5. The molecule has 1 aliphatic heterocycles. The van der Waals surface area contributed by atoms with Gasteiger partial charge in [0, 0.05) is 72.0 Å². The first-order valence-corrected chi connectivity index (χ1v) is 15.3. The Morgan fingerprint density at radius 2 is 2.02 bits per heavy atom. The van der Waals surface area contributed by atoms with Gasteiger partial charge < -0.3 is 19.7 Å². The maximum atomic E-state index is 15.9. The van der Waals surface area contributed by atoms with Gasteiger partial charge >= 0.3 is 0 Å². The standard InChI is InChI=1S/C33H31F2N5O4S/c1-4-27(41)40-10-5-6-22(18-40)37-33(42)31-29(28-24(35)15-21(34)16-26(28)44-12-11-43-3)32-23(9-13-45-32)30(38-31)19-7-8-25-20(14-19)17-36-39(25)2/h4,7-9,13-17,22H,1,5-6,10-12,18H2,2-3H3,(H,37,42)/t22-/m1/s1. The lowest BCUT2D eigenvalue weighted by Crippen LogP contribution is -2.49. The molecule has 0 spiro atoms. The van der Waals surface area contributed by atoms with Crippen LogP contribution in [-0.2, 0) is 16.6 Å². The summed E-state index contributed by atoms with van der Waals surface area (Å²) in [4.78, 5) is 33.1. The van der Waals surface area contributed by atoms with E-state index < -0.39 is 17.5 Å². The number of aryl methyl sites for hydroxylation is 1. The summed E-state index contributed by atoms with van der Waals surface area (Å²) in [6.45, 7) is 4.66. The Bertz CT molecular complexity index is 1940. The number of hydrogen-bond donors (Lipinski definition) is 1. The van der Waals surface area contributed by atoms with Crippen LogP contribution in [0.2, 0.25) is 0 Å². The number of benzene rings is 2. The Balaban J connectivity index is 1.53. The third-order valence-electron chi connectivity index (χ3n) is 7.90. The third-order valence-corrected chi connectivity index (χ3v) is 8.83. The summed E-state index contributed by atoms with van der Waals surface area (Å²) >= 11 is 1.32. The van der Waals surface area contributed by atoms with Crippen LogP contribution in [0, 0.1) is 11.6 Å². The number of nitrogens with one attached hydrogen (secondary N) is 1. The molecule has 1 saturated heterocycles. The fraction of sp³-hybridized carbons (Fsp3) is 0.273. The van der Waals surface area contributed by atoms with Crippen LogP contribution >= 0.6 is 11.3 Å². The molecule has 1 atom stereocenters. The zero-order chi connectivity index (χ0) is 31.7. The number of amides is 2. The van der Waals surface area contributed by atoms with Crippen molar-refractivity contribution in [2.24, 2.45) is 7.05 Å². The zero-order valence-corrected chi connectivity index (χ0v) is 25.6. The SMILES string of the molecule is C=CC(=O)N1CCC[C@@H](NC(=O)c2nc(-c3ccc4c(cnn4C)c3)c3ccsc3c2-c2c(F)cc(F)cc2OCCOC)C1. The third kappa shape index (κ3) is 5.90. The van der Waals surface area contributed by atoms with E-state index in [4.69, 9.17) is 14.5 Å². The molecule has 4 heterocycles. The molecule has 9 nitrogen and oxygen atoms in total. The summed E-state index contributed by atoms with van der Waals surface area (Å²) in [6.07, 6.45) is 4.34. The number of likely N-dealkylation sites (tertiary alicyclic amines) is 1. The van der Waals surface area contributed by atoms with Gasteiger partial charge in [-0.2, -0.15) is 5.10 Å². The number of piperidine rings is 1. The lowest BCUT2D eigenvalue weighted by atomic mass is 9.96. The van der Waals surface area contributed by atoms with Gasteiger partial charge in [-0.1, -0.05) is 12.6 Å². The fourth-order valence-electron chi connectivity index (χ4n) is 5.77. The normalized spacial score (nSPS) is 15.0. The molecule has 0 bridgehead atoms. The van der Waals surface area contributed by atoms with Gasteiger partial charge in [0.15, 0.2) is 0 Å². The molecule has 6 rings (SSSR count). The largest absolute Gasteiger partial charge is 0.490 e. The number of methoxy groups -OCH3 is 1. The van der Waals surface area contributed by atoms with Crippen LogP contribution in [0.15, 0.2) is 60.6 Å². The minimum absolute atomic E-state index is 0.0351. The Morgan fingerprint density at radius 3 is 2.82 bits per heavy atom. The predicted molar refractivity (Wildman–Crippen MR) is 169 cm³/mol. The van der Waals surface area contributed by atoms with E-state index in [9.17, 15) is 14.0 Å². The van der Waals surface area contributed by atoms with Crippen molar-refractivity contribution < 1.29 is 27.8 Å². The van der Waals surface area contributed by atoms with Crippen LogP contribution in [0.1, 0.15) is 23.3 Å². The second-order valence-corrected chi connectivity index (χ2v) is 11.7. The van der Waals surface area contributed by atoms with E-state index in [1.807, 2.05) is 36.7 Å². The summed E-state index contributed by atoms with van der Waals surface area (Å²) in [6, 6.07) is 9.15. The first-order chi connectivity index (χ1) is 21.8. The predicted octanol–water partition coefficient (Wildman–Crippen LogP) is 5.73.